The van der Waals surface area contributed by atoms with Gasteiger partial charge in [-0.1, -0.05) is 18.2 Å². The van der Waals surface area contributed by atoms with Crippen LogP contribution >= 0.6 is 0 Å². The van der Waals surface area contributed by atoms with Gasteiger partial charge in [0, 0.05) is 35.8 Å². The fourth-order valence-electron chi connectivity index (χ4n) is 3.03. The van der Waals surface area contributed by atoms with Gasteiger partial charge in [-0.15, -0.1) is 0 Å². The molecule has 0 fully saturated rings. The minimum Gasteiger partial charge on any atom is -0.379 e. The number of fused-ring (bicyclic) bond motifs is 1. The highest BCUT2D eigenvalue weighted by Crippen LogP contribution is 2.28. The zero-order valence-corrected chi connectivity index (χ0v) is 16.4. The molecule has 2 aromatic carbocycles. The Morgan fingerprint density at radius 3 is 2.64 bits per heavy atom. The molecule has 0 saturated heterocycles. The van der Waals surface area contributed by atoms with Crippen molar-refractivity contribution < 1.29 is 13.3 Å². The van der Waals surface area contributed by atoms with Crippen LogP contribution in [-0.4, -0.2) is 30.9 Å². The molecule has 3 N–H and O–H groups in total. The number of nitrogens with one attached hydrogen (secondary N) is 3. The lowest BCUT2D eigenvalue weighted by atomic mass is 10.1. The molecule has 0 atom stereocenters. The number of nitro benzene ring substituents is 1. The SMILES string of the molecule is CC(C)NS(=O)(=O)c1ccc(NCCc2c[nH]c3ccccc23)c([N+](=O)[O-])c1. The van der Waals surface area contributed by atoms with Crippen molar-refractivity contribution in [1.82, 2.24) is 9.71 Å². The molecule has 8 nitrogen and oxygen atoms in total. The first-order chi connectivity index (χ1) is 13.3. The summed E-state index contributed by atoms with van der Waals surface area (Å²) >= 11 is 0. The van der Waals surface area contributed by atoms with Gasteiger partial charge in [-0.3, -0.25) is 10.1 Å². The van der Waals surface area contributed by atoms with Crippen LogP contribution in [0, 0.1) is 10.1 Å². The van der Waals surface area contributed by atoms with Gasteiger partial charge >= 0.3 is 0 Å². The van der Waals surface area contributed by atoms with E-state index in [4.69, 9.17) is 0 Å². The van der Waals surface area contributed by atoms with E-state index in [0.717, 1.165) is 22.5 Å². The van der Waals surface area contributed by atoms with E-state index in [-0.39, 0.29) is 22.3 Å². The molecule has 0 spiro atoms. The third-order valence-corrected chi connectivity index (χ3v) is 5.91. The largest absolute Gasteiger partial charge is 0.379 e. The van der Waals surface area contributed by atoms with Gasteiger partial charge in [0.1, 0.15) is 5.69 Å². The average Bonchev–Trinajstić information content (AvgIpc) is 3.04. The normalized spacial score (nSPS) is 11.8. The molecule has 1 aromatic heterocycles. The van der Waals surface area contributed by atoms with Crippen molar-refractivity contribution in [2.75, 3.05) is 11.9 Å². The summed E-state index contributed by atoms with van der Waals surface area (Å²) in [6.07, 6.45) is 2.59. The van der Waals surface area contributed by atoms with E-state index in [9.17, 15) is 18.5 Å². The lowest BCUT2D eigenvalue weighted by Gasteiger charge is -2.11. The van der Waals surface area contributed by atoms with Crippen molar-refractivity contribution in [2.24, 2.45) is 0 Å². The van der Waals surface area contributed by atoms with E-state index >= 15 is 0 Å². The van der Waals surface area contributed by atoms with Crippen LogP contribution in [0.4, 0.5) is 11.4 Å². The maximum atomic E-state index is 12.3. The molecule has 0 saturated carbocycles. The summed E-state index contributed by atoms with van der Waals surface area (Å²) < 4.78 is 27.0. The molecule has 0 amide bonds. The van der Waals surface area contributed by atoms with Gasteiger partial charge in [0.25, 0.3) is 5.69 Å². The van der Waals surface area contributed by atoms with Crippen LogP contribution in [0.5, 0.6) is 0 Å². The lowest BCUT2D eigenvalue weighted by Crippen LogP contribution is -2.30. The number of nitro groups is 1. The summed E-state index contributed by atoms with van der Waals surface area (Å²) in [5.41, 5.74) is 2.15. The highest BCUT2D eigenvalue weighted by Gasteiger charge is 2.22. The number of anilines is 1. The number of H-pyrrole nitrogens is 1. The highest BCUT2D eigenvalue weighted by molar-refractivity contribution is 7.89. The second kappa shape index (κ2) is 7.99. The fraction of sp³-hybridized carbons (Fsp3) is 0.263. The van der Waals surface area contributed by atoms with E-state index < -0.39 is 14.9 Å². The van der Waals surface area contributed by atoms with Crippen molar-refractivity contribution >= 4 is 32.3 Å². The summed E-state index contributed by atoms with van der Waals surface area (Å²) in [7, 11) is -3.80. The summed E-state index contributed by atoms with van der Waals surface area (Å²) in [5.74, 6) is 0. The third kappa shape index (κ3) is 4.32. The molecule has 3 aromatic rings. The first kappa shape index (κ1) is 19.8. The van der Waals surface area contributed by atoms with Crippen LogP contribution < -0.4 is 10.0 Å². The zero-order chi connectivity index (χ0) is 20.3. The summed E-state index contributed by atoms with van der Waals surface area (Å²) in [6.45, 7) is 3.85. The second-order valence-electron chi connectivity index (χ2n) is 6.75. The number of hydrogen-bond acceptors (Lipinski definition) is 5. The predicted octanol–water partition coefficient (Wildman–Crippen LogP) is 3.42. The maximum absolute atomic E-state index is 12.3. The van der Waals surface area contributed by atoms with E-state index in [1.54, 1.807) is 13.8 Å². The number of para-hydroxylation sites is 1. The Bertz CT molecular complexity index is 1110. The smallest absolute Gasteiger partial charge is 0.293 e. The van der Waals surface area contributed by atoms with Crippen LogP contribution in [0.3, 0.4) is 0 Å². The fourth-order valence-corrected chi connectivity index (χ4v) is 4.30. The Labute approximate surface area is 163 Å². The third-order valence-electron chi connectivity index (χ3n) is 4.25. The monoisotopic (exact) mass is 402 g/mol. The number of aromatic nitrogens is 1. The highest BCUT2D eigenvalue weighted by atomic mass is 32.2. The van der Waals surface area contributed by atoms with Crippen LogP contribution in [0.2, 0.25) is 0 Å². The molecule has 1 heterocycles. The van der Waals surface area contributed by atoms with E-state index in [1.807, 2.05) is 30.5 Å². The molecule has 148 valence electrons. The van der Waals surface area contributed by atoms with Crippen LogP contribution in [-0.2, 0) is 16.4 Å². The van der Waals surface area contributed by atoms with E-state index in [1.165, 1.54) is 12.1 Å². The van der Waals surface area contributed by atoms with Crippen molar-refractivity contribution in [3.63, 3.8) is 0 Å². The van der Waals surface area contributed by atoms with Gasteiger partial charge < -0.3 is 10.3 Å². The Morgan fingerprint density at radius 1 is 1.18 bits per heavy atom. The minimum atomic E-state index is -3.80. The Kier molecular flexibility index (Phi) is 5.66. The van der Waals surface area contributed by atoms with Gasteiger partial charge in [-0.25, -0.2) is 13.1 Å². The van der Waals surface area contributed by atoms with Crippen molar-refractivity contribution in [2.45, 2.75) is 31.2 Å². The molecule has 28 heavy (non-hydrogen) atoms. The minimum absolute atomic E-state index is 0.130. The number of sulfonamides is 1. The number of aromatic amines is 1. The number of nitrogens with zero attached hydrogens (tertiary/aromatic N) is 1. The second-order valence-corrected chi connectivity index (χ2v) is 8.46. The Balaban J connectivity index is 1.77. The molecular formula is C19H22N4O4S. The number of rotatable bonds is 8. The van der Waals surface area contributed by atoms with Gasteiger partial charge in [-0.2, -0.15) is 0 Å². The van der Waals surface area contributed by atoms with Crippen molar-refractivity contribution in [3.05, 3.63) is 64.3 Å². The van der Waals surface area contributed by atoms with Crippen molar-refractivity contribution in [1.29, 1.82) is 0 Å². The topological polar surface area (TPSA) is 117 Å². The quantitative estimate of drug-likeness (QED) is 0.394. The Hall–Kier alpha value is -2.91. The van der Waals surface area contributed by atoms with Crippen LogP contribution in [0.25, 0.3) is 10.9 Å². The van der Waals surface area contributed by atoms with E-state index in [0.29, 0.717) is 13.0 Å². The molecule has 0 radical (unpaired) electrons. The van der Waals surface area contributed by atoms with Gasteiger partial charge in [-0.05, 0) is 44.0 Å². The van der Waals surface area contributed by atoms with E-state index in [2.05, 4.69) is 15.0 Å². The Morgan fingerprint density at radius 2 is 1.93 bits per heavy atom. The summed E-state index contributed by atoms with van der Waals surface area (Å²) in [6, 6.07) is 11.5. The van der Waals surface area contributed by atoms with Gasteiger partial charge in [0.15, 0.2) is 0 Å². The molecule has 0 unspecified atom stereocenters. The summed E-state index contributed by atoms with van der Waals surface area (Å²) in [5, 5.41) is 15.6. The zero-order valence-electron chi connectivity index (χ0n) is 15.6. The predicted molar refractivity (Wildman–Crippen MR) is 109 cm³/mol. The average molecular weight is 402 g/mol. The lowest BCUT2D eigenvalue weighted by molar-refractivity contribution is -0.384. The van der Waals surface area contributed by atoms with Crippen LogP contribution in [0.15, 0.2) is 53.6 Å². The van der Waals surface area contributed by atoms with Crippen LogP contribution in [0.1, 0.15) is 19.4 Å². The molecule has 9 heteroatoms. The molecular weight excluding hydrogens is 380 g/mol. The molecule has 0 aliphatic rings. The molecule has 0 aliphatic heterocycles. The number of benzene rings is 2. The number of hydrogen-bond donors (Lipinski definition) is 3. The van der Waals surface area contributed by atoms with Gasteiger partial charge in [0.2, 0.25) is 10.0 Å². The molecule has 3 rings (SSSR count). The summed E-state index contributed by atoms with van der Waals surface area (Å²) in [4.78, 5) is 13.9. The first-order valence-corrected chi connectivity index (χ1v) is 10.4. The molecule has 0 bridgehead atoms. The first-order valence-electron chi connectivity index (χ1n) is 8.87. The maximum Gasteiger partial charge on any atom is 0.293 e. The van der Waals surface area contributed by atoms with Crippen molar-refractivity contribution in [3.8, 4) is 0 Å². The van der Waals surface area contributed by atoms with Gasteiger partial charge in [0.05, 0.1) is 9.82 Å². The molecule has 0 aliphatic carbocycles. The standard InChI is InChI=1S/C19H22N4O4S/c1-13(2)22-28(26,27)15-7-8-18(19(11-15)23(24)25)20-10-9-14-12-21-17-6-4-3-5-16(14)17/h3-8,11-13,20-22H,9-10H2,1-2H3.